The van der Waals surface area contributed by atoms with Gasteiger partial charge < -0.3 is 4.98 Å². The van der Waals surface area contributed by atoms with Gasteiger partial charge in [-0.15, -0.1) is 0 Å². The van der Waals surface area contributed by atoms with E-state index >= 15 is 0 Å². The molecule has 0 bridgehead atoms. The number of rotatable bonds is 2. The molecule has 2 aromatic heterocycles. The number of H-pyrrole nitrogens is 1. The normalized spacial score (nSPS) is 10.1. The highest BCUT2D eigenvalue weighted by molar-refractivity contribution is 6.30. The minimum Gasteiger partial charge on any atom is -0.329 e. The predicted octanol–water partition coefficient (Wildman–Crippen LogP) is 4.84. The molecule has 140 valence electrons. The van der Waals surface area contributed by atoms with E-state index in [1.165, 1.54) is 6.07 Å². The van der Waals surface area contributed by atoms with Crippen LogP contribution in [0.4, 0.5) is 0 Å². The lowest BCUT2D eigenvalue weighted by molar-refractivity contribution is 0.980. The minimum atomic E-state index is -0.0532. The van der Waals surface area contributed by atoms with Gasteiger partial charge in [-0.05, 0) is 54.4 Å². The van der Waals surface area contributed by atoms with Crippen molar-refractivity contribution in [2.24, 2.45) is 0 Å². The van der Waals surface area contributed by atoms with Gasteiger partial charge in [0.25, 0.3) is 5.56 Å². The maximum Gasteiger partial charge on any atom is 0.262 e. The smallest absolute Gasteiger partial charge is 0.262 e. The average Bonchev–Trinajstić information content (AvgIpc) is 2.72. The summed E-state index contributed by atoms with van der Waals surface area (Å²) in [6.45, 7) is 1.98. The van der Waals surface area contributed by atoms with Crippen molar-refractivity contribution >= 4 is 11.6 Å². The van der Waals surface area contributed by atoms with Crippen LogP contribution in [0.2, 0.25) is 5.02 Å². The molecular weight excluding hydrogens is 372 g/mol. The first kappa shape index (κ1) is 19.4. The first-order valence-electron chi connectivity index (χ1n) is 8.73. The Balaban J connectivity index is 0.000000271. The van der Waals surface area contributed by atoms with E-state index in [2.05, 4.69) is 4.98 Å². The largest absolute Gasteiger partial charge is 0.329 e. The number of para-hydroxylation sites is 1. The second-order valence-corrected chi connectivity index (χ2v) is 6.61. The quantitative estimate of drug-likeness (QED) is 0.532. The molecule has 2 aromatic carbocycles. The number of hydrogen-bond donors (Lipinski definition) is 1. The third kappa shape index (κ3) is 4.87. The standard InChI is InChI=1S/C18H14ClNO.C5H5NO/c1-13-11-17(14-7-9-15(19)10-8-14)18(21)20(12-13)16-5-3-2-4-6-16;7-5-3-1-2-4-6-5/h2-12H,1H3;1-4H,(H,6,7). The van der Waals surface area contributed by atoms with E-state index in [-0.39, 0.29) is 11.1 Å². The second kappa shape index (κ2) is 9.02. The molecule has 0 amide bonds. The lowest BCUT2D eigenvalue weighted by atomic mass is 10.1. The van der Waals surface area contributed by atoms with Crippen molar-refractivity contribution in [1.82, 2.24) is 9.55 Å². The average molecular weight is 391 g/mol. The Bertz CT molecular complexity index is 1150. The molecule has 0 radical (unpaired) electrons. The maximum atomic E-state index is 12.7. The lowest BCUT2D eigenvalue weighted by Gasteiger charge is -2.10. The van der Waals surface area contributed by atoms with E-state index in [1.807, 2.05) is 61.7 Å². The molecular formula is C23H19ClN2O2. The van der Waals surface area contributed by atoms with Crippen LogP contribution in [0.15, 0.2) is 101 Å². The second-order valence-electron chi connectivity index (χ2n) is 6.18. The molecule has 0 saturated carbocycles. The summed E-state index contributed by atoms with van der Waals surface area (Å²) in [4.78, 5) is 25.4. The summed E-state index contributed by atoms with van der Waals surface area (Å²) in [6, 6.07) is 23.8. The number of hydrogen-bond acceptors (Lipinski definition) is 2. The van der Waals surface area contributed by atoms with Gasteiger partial charge in [-0.3, -0.25) is 14.2 Å². The number of aryl methyl sites for hydroxylation is 1. The van der Waals surface area contributed by atoms with Crippen LogP contribution in [-0.2, 0) is 0 Å². The Hall–Kier alpha value is -3.37. The Morgan fingerprint density at radius 2 is 1.54 bits per heavy atom. The molecule has 0 spiro atoms. The molecule has 0 saturated heterocycles. The highest BCUT2D eigenvalue weighted by atomic mass is 35.5. The number of nitrogens with one attached hydrogen (secondary N) is 1. The van der Waals surface area contributed by atoms with Crippen molar-refractivity contribution in [2.45, 2.75) is 6.92 Å². The first-order chi connectivity index (χ1) is 13.5. The first-order valence-corrected chi connectivity index (χ1v) is 9.11. The van der Waals surface area contributed by atoms with E-state index < -0.39 is 0 Å². The van der Waals surface area contributed by atoms with Crippen molar-refractivity contribution < 1.29 is 0 Å². The van der Waals surface area contributed by atoms with Crippen LogP contribution in [0, 0.1) is 6.92 Å². The Morgan fingerprint density at radius 1 is 0.857 bits per heavy atom. The number of halogens is 1. The number of benzene rings is 2. The summed E-state index contributed by atoms with van der Waals surface area (Å²) < 4.78 is 1.68. The zero-order valence-corrected chi connectivity index (χ0v) is 16.1. The van der Waals surface area contributed by atoms with Crippen LogP contribution in [0.25, 0.3) is 16.8 Å². The van der Waals surface area contributed by atoms with Crippen molar-refractivity contribution in [1.29, 1.82) is 0 Å². The molecule has 4 aromatic rings. The van der Waals surface area contributed by atoms with Gasteiger partial charge in [0.15, 0.2) is 0 Å². The molecule has 0 aliphatic heterocycles. The summed E-state index contributed by atoms with van der Waals surface area (Å²) >= 11 is 5.91. The van der Waals surface area contributed by atoms with Crippen molar-refractivity contribution in [2.75, 3.05) is 0 Å². The van der Waals surface area contributed by atoms with Gasteiger partial charge in [-0.1, -0.05) is 48.0 Å². The molecule has 0 aliphatic carbocycles. The van der Waals surface area contributed by atoms with Crippen molar-refractivity contribution in [3.63, 3.8) is 0 Å². The van der Waals surface area contributed by atoms with E-state index in [4.69, 9.17) is 11.6 Å². The molecule has 0 aliphatic rings. The monoisotopic (exact) mass is 390 g/mol. The van der Waals surface area contributed by atoms with Crippen LogP contribution < -0.4 is 11.1 Å². The minimum absolute atomic E-state index is 0.0332. The molecule has 4 rings (SSSR count). The molecule has 0 fully saturated rings. The van der Waals surface area contributed by atoms with Gasteiger partial charge in [0.1, 0.15) is 0 Å². The molecule has 2 heterocycles. The van der Waals surface area contributed by atoms with E-state index in [0.29, 0.717) is 10.6 Å². The SMILES string of the molecule is Cc1cc(-c2ccc(Cl)cc2)c(=O)n(-c2ccccc2)c1.O=c1cccc[nH]1. The fourth-order valence-electron chi connectivity index (χ4n) is 2.71. The molecule has 5 heteroatoms. The molecule has 0 atom stereocenters. The third-order valence-electron chi connectivity index (χ3n) is 4.02. The fraction of sp³-hybridized carbons (Fsp3) is 0.0435. The van der Waals surface area contributed by atoms with Crippen LogP contribution in [0.1, 0.15) is 5.56 Å². The van der Waals surface area contributed by atoms with E-state index in [1.54, 1.807) is 35.0 Å². The third-order valence-corrected chi connectivity index (χ3v) is 4.28. The molecule has 1 N–H and O–H groups in total. The van der Waals surface area contributed by atoms with E-state index in [9.17, 15) is 9.59 Å². The van der Waals surface area contributed by atoms with Gasteiger partial charge >= 0.3 is 0 Å². The summed E-state index contributed by atoms with van der Waals surface area (Å²) in [7, 11) is 0. The highest BCUT2D eigenvalue weighted by Crippen LogP contribution is 2.20. The Morgan fingerprint density at radius 3 is 2.11 bits per heavy atom. The van der Waals surface area contributed by atoms with Crippen LogP contribution in [0.5, 0.6) is 0 Å². The predicted molar refractivity (Wildman–Crippen MR) is 114 cm³/mol. The summed E-state index contributed by atoms with van der Waals surface area (Å²) in [5, 5.41) is 0.662. The van der Waals surface area contributed by atoms with E-state index in [0.717, 1.165) is 16.8 Å². The van der Waals surface area contributed by atoms with Crippen LogP contribution in [0.3, 0.4) is 0 Å². The number of nitrogens with zero attached hydrogens (tertiary/aromatic N) is 1. The van der Waals surface area contributed by atoms with Gasteiger partial charge in [0.05, 0.1) is 0 Å². The molecule has 0 unspecified atom stereocenters. The van der Waals surface area contributed by atoms with Gasteiger partial charge in [-0.2, -0.15) is 0 Å². The van der Waals surface area contributed by atoms with Crippen molar-refractivity contribution in [3.05, 3.63) is 123 Å². The Kier molecular flexibility index (Phi) is 6.25. The van der Waals surface area contributed by atoms with Gasteiger partial charge in [0.2, 0.25) is 5.56 Å². The van der Waals surface area contributed by atoms with Crippen LogP contribution in [-0.4, -0.2) is 9.55 Å². The summed E-state index contributed by atoms with van der Waals surface area (Å²) in [6.07, 6.45) is 3.46. The van der Waals surface area contributed by atoms with Gasteiger partial charge in [-0.25, -0.2) is 0 Å². The number of aromatic nitrogens is 2. The summed E-state index contributed by atoms with van der Waals surface area (Å²) in [5.41, 5.74) is 3.36. The zero-order valence-electron chi connectivity index (χ0n) is 15.3. The van der Waals surface area contributed by atoms with Crippen molar-refractivity contribution in [3.8, 4) is 16.8 Å². The number of pyridine rings is 2. The topological polar surface area (TPSA) is 54.9 Å². The fourth-order valence-corrected chi connectivity index (χ4v) is 2.84. The molecule has 28 heavy (non-hydrogen) atoms. The molecule has 4 nitrogen and oxygen atoms in total. The highest BCUT2D eigenvalue weighted by Gasteiger charge is 2.08. The number of aromatic amines is 1. The summed E-state index contributed by atoms with van der Waals surface area (Å²) in [5.74, 6) is 0. The van der Waals surface area contributed by atoms with Crippen LogP contribution >= 0.6 is 11.6 Å². The lowest BCUT2D eigenvalue weighted by Crippen LogP contribution is -2.20. The Labute approximate surface area is 167 Å². The van der Waals surface area contributed by atoms with Gasteiger partial charge in [0, 0.05) is 34.7 Å². The zero-order chi connectivity index (χ0) is 19.9. The maximum absolute atomic E-state index is 12.7.